The molecule has 0 radical (unpaired) electrons. The predicted molar refractivity (Wildman–Crippen MR) is 114 cm³/mol. The zero-order valence-electron chi connectivity index (χ0n) is 16.8. The van der Waals surface area contributed by atoms with Crippen molar-refractivity contribution in [1.82, 2.24) is 4.57 Å². The lowest BCUT2D eigenvalue weighted by Gasteiger charge is -2.13. The Morgan fingerprint density at radius 1 is 1.06 bits per heavy atom. The number of hydrogen-bond donors (Lipinski definition) is 1. The minimum atomic E-state index is -0.511. The number of halogens is 1. The molecule has 2 aromatic carbocycles. The molecule has 4 aromatic rings. The van der Waals surface area contributed by atoms with Crippen LogP contribution in [0.1, 0.15) is 23.7 Å². The second kappa shape index (κ2) is 8.47. The van der Waals surface area contributed by atoms with Crippen LogP contribution in [0.2, 0.25) is 0 Å². The van der Waals surface area contributed by atoms with E-state index in [0.29, 0.717) is 34.4 Å². The molecule has 0 aliphatic rings. The maximum absolute atomic E-state index is 13.0. The monoisotopic (exact) mass is 421 g/mol. The fourth-order valence-electron chi connectivity index (χ4n) is 3.39. The van der Waals surface area contributed by atoms with Crippen LogP contribution < -0.4 is 15.8 Å². The van der Waals surface area contributed by atoms with Crippen molar-refractivity contribution in [1.29, 1.82) is 0 Å². The van der Waals surface area contributed by atoms with E-state index < -0.39 is 11.1 Å². The summed E-state index contributed by atoms with van der Waals surface area (Å²) in [5.74, 6) is -0.0973. The van der Waals surface area contributed by atoms with Crippen LogP contribution in [0.3, 0.4) is 0 Å². The quantitative estimate of drug-likeness (QED) is 0.476. The third-order valence-corrected chi connectivity index (χ3v) is 5.03. The Morgan fingerprint density at radius 3 is 2.58 bits per heavy atom. The lowest BCUT2D eigenvalue weighted by Crippen LogP contribution is -2.17. The molecule has 0 aliphatic carbocycles. The Bertz CT molecular complexity index is 1360. The van der Waals surface area contributed by atoms with E-state index >= 15 is 0 Å². The summed E-state index contributed by atoms with van der Waals surface area (Å²) in [6, 6.07) is 14.2. The van der Waals surface area contributed by atoms with E-state index in [1.807, 2.05) is 6.92 Å². The number of fused-ring (bicyclic) bond motifs is 1. The van der Waals surface area contributed by atoms with Gasteiger partial charge in [-0.15, -0.1) is 0 Å². The van der Waals surface area contributed by atoms with Crippen LogP contribution in [-0.4, -0.2) is 9.67 Å². The zero-order chi connectivity index (χ0) is 22.0. The van der Waals surface area contributed by atoms with Gasteiger partial charge in [0.2, 0.25) is 5.43 Å². The molecule has 0 bridgehead atoms. The maximum Gasteiger partial charge on any atom is 0.341 e. The van der Waals surface area contributed by atoms with Crippen molar-refractivity contribution in [3.63, 3.8) is 0 Å². The highest BCUT2D eigenvalue weighted by Crippen LogP contribution is 2.22. The Kier molecular flexibility index (Phi) is 5.58. The van der Waals surface area contributed by atoms with Gasteiger partial charge in [-0.1, -0.05) is 19.1 Å². The van der Waals surface area contributed by atoms with Crippen molar-refractivity contribution in [3.05, 3.63) is 104 Å². The van der Waals surface area contributed by atoms with E-state index in [4.69, 9.17) is 9.15 Å². The first-order valence-corrected chi connectivity index (χ1v) is 9.80. The van der Waals surface area contributed by atoms with E-state index in [0.717, 1.165) is 5.56 Å². The van der Waals surface area contributed by atoms with Crippen LogP contribution in [0.25, 0.3) is 11.0 Å². The second-order valence-corrected chi connectivity index (χ2v) is 7.13. The van der Waals surface area contributed by atoms with Crippen molar-refractivity contribution in [2.24, 2.45) is 0 Å². The molecule has 0 unspecified atom stereocenters. The van der Waals surface area contributed by atoms with E-state index in [-0.39, 0.29) is 24.7 Å². The van der Waals surface area contributed by atoms with Gasteiger partial charge < -0.3 is 18.8 Å². The van der Waals surface area contributed by atoms with E-state index in [1.54, 1.807) is 47.2 Å². The third kappa shape index (κ3) is 4.35. The lowest BCUT2D eigenvalue weighted by molar-refractivity contribution is 0.306. The number of ether oxygens (including phenoxy) is 1. The number of benzene rings is 2. The summed E-state index contributed by atoms with van der Waals surface area (Å²) >= 11 is 0. The number of pyridine rings is 1. The summed E-state index contributed by atoms with van der Waals surface area (Å²) < 4.78 is 25.9. The van der Waals surface area contributed by atoms with Crippen LogP contribution >= 0.6 is 0 Å². The minimum absolute atomic E-state index is 0.165. The molecule has 31 heavy (non-hydrogen) atoms. The van der Waals surface area contributed by atoms with Crippen LogP contribution in [0.4, 0.5) is 4.39 Å². The number of hydrogen-bond acceptors (Lipinski definition) is 5. The molecule has 0 atom stereocenters. The molecular weight excluding hydrogens is 401 g/mol. The molecule has 158 valence electrons. The van der Waals surface area contributed by atoms with E-state index in [9.17, 15) is 19.1 Å². The predicted octanol–water partition coefficient (Wildman–Crippen LogP) is 3.99. The molecule has 1 N–H and O–H groups in total. The first-order valence-electron chi connectivity index (χ1n) is 9.80. The van der Waals surface area contributed by atoms with Crippen molar-refractivity contribution in [3.8, 4) is 11.5 Å². The average molecular weight is 421 g/mol. The largest absolute Gasteiger partial charge is 0.503 e. The highest BCUT2D eigenvalue weighted by atomic mass is 19.1. The summed E-state index contributed by atoms with van der Waals surface area (Å²) in [4.78, 5) is 24.2. The van der Waals surface area contributed by atoms with E-state index in [2.05, 4.69) is 0 Å². The SMILES string of the molecule is CCc1c(O)c(=O)ccn1Cc1cc2ccc(OCc3ccc(F)cc3)cc2oc1=O. The van der Waals surface area contributed by atoms with Crippen LogP contribution in [-0.2, 0) is 19.6 Å². The Hall–Kier alpha value is -3.87. The summed E-state index contributed by atoms with van der Waals surface area (Å²) in [7, 11) is 0. The molecule has 2 heterocycles. The van der Waals surface area contributed by atoms with Gasteiger partial charge in [-0.2, -0.15) is 0 Å². The van der Waals surface area contributed by atoms with Crippen molar-refractivity contribution >= 4 is 11.0 Å². The van der Waals surface area contributed by atoms with Crippen LogP contribution in [0.15, 0.2) is 74.8 Å². The van der Waals surface area contributed by atoms with Gasteiger partial charge in [0, 0.05) is 23.7 Å². The maximum atomic E-state index is 13.0. The van der Waals surface area contributed by atoms with Gasteiger partial charge in [0.05, 0.1) is 17.8 Å². The molecule has 0 spiro atoms. The standard InChI is InChI=1S/C24H20FNO5/c1-2-20-23(28)21(27)9-10-26(20)13-17-11-16-5-8-19(12-22(16)31-24(17)29)30-14-15-3-6-18(25)7-4-15/h3-12,28H,2,13-14H2,1H3. The molecule has 2 aromatic heterocycles. The van der Waals surface area contributed by atoms with Gasteiger partial charge in [-0.25, -0.2) is 9.18 Å². The van der Waals surface area contributed by atoms with E-state index in [1.165, 1.54) is 18.2 Å². The third-order valence-electron chi connectivity index (χ3n) is 5.03. The molecule has 6 nitrogen and oxygen atoms in total. The van der Waals surface area contributed by atoms with Gasteiger partial charge in [0.25, 0.3) is 0 Å². The number of aromatic nitrogens is 1. The zero-order valence-corrected chi connectivity index (χ0v) is 16.8. The first kappa shape index (κ1) is 20.4. The first-order chi connectivity index (χ1) is 14.9. The van der Waals surface area contributed by atoms with Crippen molar-refractivity contribution in [2.75, 3.05) is 0 Å². The van der Waals surface area contributed by atoms with Crippen LogP contribution in [0, 0.1) is 5.82 Å². The highest BCUT2D eigenvalue weighted by Gasteiger charge is 2.12. The molecule has 0 saturated carbocycles. The van der Waals surface area contributed by atoms with Gasteiger partial charge >= 0.3 is 5.63 Å². The molecule has 7 heteroatoms. The second-order valence-electron chi connectivity index (χ2n) is 7.13. The molecule has 0 saturated heterocycles. The normalized spacial score (nSPS) is 11.0. The van der Waals surface area contributed by atoms with Crippen LogP contribution in [0.5, 0.6) is 11.5 Å². The molecular formula is C24H20FNO5. The van der Waals surface area contributed by atoms with Crippen molar-refractivity contribution < 1.29 is 18.7 Å². The van der Waals surface area contributed by atoms with Gasteiger partial charge in [-0.3, -0.25) is 4.79 Å². The molecule has 0 aliphatic heterocycles. The Morgan fingerprint density at radius 2 is 1.84 bits per heavy atom. The fourth-order valence-corrected chi connectivity index (χ4v) is 3.39. The number of nitrogens with zero attached hydrogens (tertiary/aromatic N) is 1. The summed E-state index contributed by atoms with van der Waals surface area (Å²) in [5, 5.41) is 10.7. The summed E-state index contributed by atoms with van der Waals surface area (Å²) in [6.45, 7) is 2.24. The van der Waals surface area contributed by atoms with Gasteiger partial charge in [0.15, 0.2) is 5.75 Å². The van der Waals surface area contributed by atoms with Gasteiger partial charge in [-0.05, 0) is 42.3 Å². The lowest BCUT2D eigenvalue weighted by atomic mass is 10.1. The number of aromatic hydroxyl groups is 1. The van der Waals surface area contributed by atoms with Crippen molar-refractivity contribution in [2.45, 2.75) is 26.5 Å². The Labute approximate surface area is 176 Å². The smallest absolute Gasteiger partial charge is 0.341 e. The fraction of sp³-hybridized carbons (Fsp3) is 0.167. The summed E-state index contributed by atoms with van der Waals surface area (Å²) in [6.07, 6.45) is 1.99. The average Bonchev–Trinajstić information content (AvgIpc) is 2.76. The Balaban J connectivity index is 1.59. The highest BCUT2D eigenvalue weighted by molar-refractivity contribution is 5.78. The van der Waals surface area contributed by atoms with Gasteiger partial charge in [0.1, 0.15) is 23.8 Å². The minimum Gasteiger partial charge on any atom is -0.503 e. The topological polar surface area (TPSA) is 81.7 Å². The molecule has 0 fully saturated rings. The number of rotatable bonds is 6. The summed E-state index contributed by atoms with van der Waals surface area (Å²) in [5.41, 5.74) is 1.08. The molecule has 0 amide bonds. The molecule has 4 rings (SSSR count).